The van der Waals surface area contributed by atoms with E-state index in [4.69, 9.17) is 4.42 Å². The molecule has 1 N–H and O–H groups in total. The van der Waals surface area contributed by atoms with Crippen molar-refractivity contribution in [2.45, 2.75) is 44.9 Å². The van der Waals surface area contributed by atoms with Gasteiger partial charge in [0.25, 0.3) is 5.22 Å². The minimum Gasteiger partial charge on any atom is -0.411 e. The van der Waals surface area contributed by atoms with Gasteiger partial charge in [-0.05, 0) is 43.9 Å². The van der Waals surface area contributed by atoms with Crippen LogP contribution in [0.4, 0.5) is 0 Å². The van der Waals surface area contributed by atoms with Crippen LogP contribution in [-0.2, 0) is 4.79 Å². The van der Waals surface area contributed by atoms with Crippen LogP contribution in [0.25, 0.3) is 11.5 Å². The molecule has 24 heavy (non-hydrogen) atoms. The lowest BCUT2D eigenvalue weighted by Crippen LogP contribution is -2.34. The van der Waals surface area contributed by atoms with Crippen molar-refractivity contribution >= 4 is 33.6 Å². The van der Waals surface area contributed by atoms with Crippen LogP contribution in [0, 0.1) is 5.92 Å². The monoisotopic (exact) mass is 411 g/mol. The minimum absolute atomic E-state index is 0.0153. The van der Waals surface area contributed by atoms with Gasteiger partial charge in [0.1, 0.15) is 0 Å². The number of halogens is 1. The quantitative estimate of drug-likeness (QED) is 0.645. The van der Waals surface area contributed by atoms with E-state index in [1.807, 2.05) is 31.2 Å². The summed E-state index contributed by atoms with van der Waals surface area (Å²) in [6.45, 7) is 6.40. The Morgan fingerprint density at radius 1 is 1.29 bits per heavy atom. The zero-order chi connectivity index (χ0) is 17.5. The lowest BCUT2D eigenvalue weighted by atomic mass is 10.0. The van der Waals surface area contributed by atoms with Crippen molar-refractivity contribution in [1.82, 2.24) is 15.5 Å². The van der Waals surface area contributed by atoms with E-state index in [2.05, 4.69) is 45.3 Å². The Bertz CT molecular complexity index is 675. The van der Waals surface area contributed by atoms with Crippen LogP contribution in [0.1, 0.15) is 33.6 Å². The van der Waals surface area contributed by atoms with Crippen LogP contribution in [0.5, 0.6) is 0 Å². The number of hydrogen-bond donors (Lipinski definition) is 1. The third kappa shape index (κ3) is 6.28. The van der Waals surface area contributed by atoms with Crippen molar-refractivity contribution in [2.24, 2.45) is 5.92 Å². The Balaban J connectivity index is 1.81. The number of nitrogens with zero attached hydrogens (tertiary/aromatic N) is 2. The van der Waals surface area contributed by atoms with Crippen molar-refractivity contribution < 1.29 is 9.21 Å². The highest BCUT2D eigenvalue weighted by atomic mass is 79.9. The predicted molar refractivity (Wildman–Crippen MR) is 99.8 cm³/mol. The molecule has 0 saturated heterocycles. The molecule has 0 aliphatic rings. The van der Waals surface area contributed by atoms with E-state index in [0.717, 1.165) is 22.9 Å². The maximum atomic E-state index is 12.0. The van der Waals surface area contributed by atoms with Gasteiger partial charge in [-0.2, -0.15) is 0 Å². The van der Waals surface area contributed by atoms with Gasteiger partial charge in [-0.15, -0.1) is 10.2 Å². The first-order valence-electron chi connectivity index (χ1n) is 7.95. The summed E-state index contributed by atoms with van der Waals surface area (Å²) in [5.41, 5.74) is 0.843. The first kappa shape index (κ1) is 19.0. The first-order valence-corrected chi connectivity index (χ1v) is 9.73. The van der Waals surface area contributed by atoms with Gasteiger partial charge < -0.3 is 9.73 Å². The minimum atomic E-state index is -0.0153. The van der Waals surface area contributed by atoms with Crippen molar-refractivity contribution in [3.63, 3.8) is 0 Å². The van der Waals surface area contributed by atoms with Crippen molar-refractivity contribution in [3.8, 4) is 11.5 Å². The van der Waals surface area contributed by atoms with E-state index in [0.29, 0.717) is 17.0 Å². The van der Waals surface area contributed by atoms with Gasteiger partial charge in [0.15, 0.2) is 0 Å². The molecule has 0 aliphatic heterocycles. The van der Waals surface area contributed by atoms with Crippen molar-refractivity contribution in [3.05, 3.63) is 28.7 Å². The second kappa shape index (κ2) is 9.22. The molecule has 1 amide bonds. The average molecular weight is 412 g/mol. The van der Waals surface area contributed by atoms with Gasteiger partial charge in [0.2, 0.25) is 11.8 Å². The zero-order valence-corrected chi connectivity index (χ0v) is 16.5. The molecule has 130 valence electrons. The molecule has 7 heteroatoms. The molecular weight excluding hydrogens is 390 g/mol. The number of aromatic nitrogens is 2. The van der Waals surface area contributed by atoms with Crippen molar-refractivity contribution in [2.75, 3.05) is 5.75 Å². The molecule has 2 aromatic rings. The highest BCUT2D eigenvalue weighted by Crippen LogP contribution is 2.25. The van der Waals surface area contributed by atoms with Gasteiger partial charge in [-0.25, -0.2) is 0 Å². The molecule has 2 rings (SSSR count). The van der Waals surface area contributed by atoms with Crippen molar-refractivity contribution in [1.29, 1.82) is 0 Å². The molecule has 0 unspecified atom stereocenters. The third-order valence-electron chi connectivity index (χ3n) is 3.39. The molecule has 0 radical (unpaired) electrons. The van der Waals surface area contributed by atoms with E-state index in [1.54, 1.807) is 0 Å². The number of carbonyl (C=O) groups excluding carboxylic acids is 1. The highest BCUT2D eigenvalue weighted by Gasteiger charge is 2.13. The number of hydrogen-bond acceptors (Lipinski definition) is 5. The second-order valence-corrected chi connectivity index (χ2v) is 7.95. The summed E-state index contributed by atoms with van der Waals surface area (Å²) in [5, 5.41) is 11.4. The predicted octanol–water partition coefficient (Wildman–Crippen LogP) is 4.53. The van der Waals surface area contributed by atoms with Gasteiger partial charge >= 0.3 is 0 Å². The molecule has 1 aromatic carbocycles. The Labute approximate surface area is 155 Å². The molecule has 0 aliphatic carbocycles. The van der Waals surface area contributed by atoms with Gasteiger partial charge in [0.05, 0.1) is 5.75 Å². The number of rotatable bonds is 8. The summed E-state index contributed by atoms with van der Waals surface area (Å²) in [6.07, 6.45) is 2.09. The van der Waals surface area contributed by atoms with E-state index in [9.17, 15) is 4.79 Å². The topological polar surface area (TPSA) is 68.0 Å². The van der Waals surface area contributed by atoms with Crippen LogP contribution in [0.3, 0.4) is 0 Å². The lowest BCUT2D eigenvalue weighted by Gasteiger charge is -2.14. The fraction of sp³-hybridized carbons (Fsp3) is 0.471. The molecule has 5 nitrogen and oxygen atoms in total. The first-order chi connectivity index (χ1) is 11.4. The van der Waals surface area contributed by atoms with E-state index >= 15 is 0 Å². The molecule has 1 atom stereocenters. The second-order valence-electron chi connectivity index (χ2n) is 6.11. The number of nitrogens with one attached hydrogen (secondary N) is 1. The summed E-state index contributed by atoms with van der Waals surface area (Å²) < 4.78 is 6.55. The standard InChI is InChI=1S/C17H22BrN3O2S/c1-11(2)7-8-12(3)19-15(22)10-24-17-21-20-16(23-17)13-5-4-6-14(18)9-13/h4-6,9,11-12H,7-8,10H2,1-3H3,(H,19,22)/t12-/m1/s1. The summed E-state index contributed by atoms with van der Waals surface area (Å²) in [6, 6.07) is 7.82. The molecule has 1 heterocycles. The fourth-order valence-electron chi connectivity index (χ4n) is 2.11. The van der Waals surface area contributed by atoms with Crippen LogP contribution in [0.15, 0.2) is 38.4 Å². The van der Waals surface area contributed by atoms with E-state index in [1.165, 1.54) is 11.8 Å². The van der Waals surface area contributed by atoms with Crippen LogP contribution in [-0.4, -0.2) is 27.9 Å². The highest BCUT2D eigenvalue weighted by molar-refractivity contribution is 9.10. The number of amides is 1. The summed E-state index contributed by atoms with van der Waals surface area (Å²) in [4.78, 5) is 12.0. The Kier molecular flexibility index (Phi) is 7.30. The molecule has 0 fully saturated rings. The van der Waals surface area contributed by atoms with E-state index in [-0.39, 0.29) is 17.7 Å². The van der Waals surface area contributed by atoms with Gasteiger partial charge in [-0.3, -0.25) is 4.79 Å². The number of thioether (sulfide) groups is 1. The SMILES string of the molecule is CC(C)CC[C@@H](C)NC(=O)CSc1nnc(-c2cccc(Br)c2)o1. The molecule has 0 spiro atoms. The molecule has 0 saturated carbocycles. The Morgan fingerprint density at radius 2 is 2.08 bits per heavy atom. The normalized spacial score (nSPS) is 12.4. The summed E-state index contributed by atoms with van der Waals surface area (Å²) in [5.74, 6) is 1.35. The number of benzene rings is 1. The third-order valence-corrected chi connectivity index (χ3v) is 4.70. The molecular formula is C17H22BrN3O2S. The largest absolute Gasteiger partial charge is 0.411 e. The zero-order valence-electron chi connectivity index (χ0n) is 14.1. The van der Waals surface area contributed by atoms with Gasteiger partial charge in [0, 0.05) is 16.1 Å². The summed E-state index contributed by atoms with van der Waals surface area (Å²) >= 11 is 4.66. The van der Waals surface area contributed by atoms with Crippen LogP contribution < -0.4 is 5.32 Å². The maximum absolute atomic E-state index is 12.0. The lowest BCUT2D eigenvalue weighted by molar-refractivity contribution is -0.119. The number of carbonyl (C=O) groups is 1. The maximum Gasteiger partial charge on any atom is 0.277 e. The summed E-state index contributed by atoms with van der Waals surface area (Å²) in [7, 11) is 0. The Morgan fingerprint density at radius 3 is 2.79 bits per heavy atom. The van der Waals surface area contributed by atoms with E-state index < -0.39 is 0 Å². The van der Waals surface area contributed by atoms with Gasteiger partial charge in [-0.1, -0.05) is 47.6 Å². The molecule has 0 bridgehead atoms. The van der Waals surface area contributed by atoms with Crippen LogP contribution in [0.2, 0.25) is 0 Å². The average Bonchev–Trinajstić information content (AvgIpc) is 3.00. The molecule has 1 aromatic heterocycles. The smallest absolute Gasteiger partial charge is 0.277 e. The fourth-order valence-corrected chi connectivity index (χ4v) is 3.08. The Hall–Kier alpha value is -1.34. The van der Waals surface area contributed by atoms with Crippen LogP contribution >= 0.6 is 27.7 Å².